The Hall–Kier alpha value is -1.56. The molecule has 23 heavy (non-hydrogen) atoms. The molecular formula is C17H15ClN2OS2. The highest BCUT2D eigenvalue weighted by atomic mass is 35.5. The molecule has 1 amide bonds. The van der Waals surface area contributed by atoms with Gasteiger partial charge in [-0.25, -0.2) is 4.98 Å². The number of aryl methyl sites for hydroxylation is 1. The van der Waals surface area contributed by atoms with E-state index < -0.39 is 0 Å². The average Bonchev–Trinajstić information content (AvgIpc) is 2.88. The van der Waals surface area contributed by atoms with Gasteiger partial charge in [-0.1, -0.05) is 35.5 Å². The van der Waals surface area contributed by atoms with Crippen LogP contribution in [0.4, 0.5) is 5.69 Å². The summed E-state index contributed by atoms with van der Waals surface area (Å²) in [7, 11) is 0. The van der Waals surface area contributed by atoms with Gasteiger partial charge in [0.1, 0.15) is 0 Å². The highest BCUT2D eigenvalue weighted by Gasteiger charge is 2.17. The van der Waals surface area contributed by atoms with Crippen molar-refractivity contribution in [2.75, 3.05) is 5.32 Å². The number of halogens is 1. The number of thioether (sulfide) groups is 1. The first-order valence-electron chi connectivity index (χ1n) is 7.11. The van der Waals surface area contributed by atoms with Crippen LogP contribution >= 0.6 is 34.7 Å². The number of carbonyl (C=O) groups excluding carboxylic acids is 1. The molecule has 0 radical (unpaired) electrons. The molecule has 0 spiro atoms. The third kappa shape index (κ3) is 4.05. The van der Waals surface area contributed by atoms with Crippen LogP contribution in [0.15, 0.2) is 46.8 Å². The number of aromatic nitrogens is 1. The summed E-state index contributed by atoms with van der Waals surface area (Å²) in [5.74, 6) is -0.0297. The minimum atomic E-state index is -0.230. The first kappa shape index (κ1) is 16.3. The molecule has 118 valence electrons. The van der Waals surface area contributed by atoms with Gasteiger partial charge in [0.2, 0.25) is 5.91 Å². The summed E-state index contributed by atoms with van der Waals surface area (Å²) in [5.41, 5.74) is 2.81. The zero-order chi connectivity index (χ0) is 16.4. The number of hydrogen-bond donors (Lipinski definition) is 1. The summed E-state index contributed by atoms with van der Waals surface area (Å²) in [6.45, 7) is 3.88. The van der Waals surface area contributed by atoms with Gasteiger partial charge in [-0.15, -0.1) is 11.3 Å². The fourth-order valence-electron chi connectivity index (χ4n) is 2.10. The lowest BCUT2D eigenvalue weighted by molar-refractivity contribution is -0.115. The van der Waals surface area contributed by atoms with E-state index >= 15 is 0 Å². The van der Waals surface area contributed by atoms with Gasteiger partial charge in [0, 0.05) is 10.7 Å². The predicted octanol–water partition coefficient (Wildman–Crippen LogP) is 5.38. The molecule has 1 atom stereocenters. The van der Waals surface area contributed by atoms with Crippen molar-refractivity contribution >= 4 is 56.5 Å². The van der Waals surface area contributed by atoms with Gasteiger partial charge in [0.15, 0.2) is 4.34 Å². The first-order chi connectivity index (χ1) is 11.0. The smallest absolute Gasteiger partial charge is 0.237 e. The second kappa shape index (κ2) is 6.91. The molecule has 0 aliphatic heterocycles. The van der Waals surface area contributed by atoms with Crippen LogP contribution < -0.4 is 5.32 Å². The van der Waals surface area contributed by atoms with E-state index in [4.69, 9.17) is 11.6 Å². The fourth-order valence-corrected chi connectivity index (χ4v) is 4.46. The molecule has 0 fully saturated rings. The van der Waals surface area contributed by atoms with Crippen LogP contribution in [-0.4, -0.2) is 16.1 Å². The molecule has 0 unspecified atom stereocenters. The van der Waals surface area contributed by atoms with Crippen LogP contribution in [0.1, 0.15) is 12.5 Å². The van der Waals surface area contributed by atoms with Crippen molar-refractivity contribution < 1.29 is 4.79 Å². The number of fused-ring (bicyclic) bond motifs is 1. The van der Waals surface area contributed by atoms with E-state index in [-0.39, 0.29) is 11.2 Å². The lowest BCUT2D eigenvalue weighted by Gasteiger charge is -2.10. The predicted molar refractivity (Wildman–Crippen MR) is 99.8 cm³/mol. The molecule has 1 heterocycles. The summed E-state index contributed by atoms with van der Waals surface area (Å²) in [6, 6.07) is 13.4. The summed E-state index contributed by atoms with van der Waals surface area (Å²) < 4.78 is 1.94. The van der Waals surface area contributed by atoms with Crippen molar-refractivity contribution in [1.29, 1.82) is 0 Å². The molecule has 0 aliphatic rings. The maximum absolute atomic E-state index is 12.3. The van der Waals surface area contributed by atoms with Gasteiger partial charge < -0.3 is 5.32 Å². The second-order valence-electron chi connectivity index (χ2n) is 5.21. The van der Waals surface area contributed by atoms with E-state index in [0.29, 0.717) is 5.02 Å². The molecule has 0 aliphatic carbocycles. The Labute approximate surface area is 148 Å². The molecule has 0 saturated heterocycles. The van der Waals surface area contributed by atoms with Crippen molar-refractivity contribution in [1.82, 2.24) is 4.98 Å². The Kier molecular flexibility index (Phi) is 4.90. The Morgan fingerprint density at radius 1 is 1.30 bits per heavy atom. The topological polar surface area (TPSA) is 42.0 Å². The third-order valence-electron chi connectivity index (χ3n) is 3.26. The Morgan fingerprint density at radius 3 is 2.91 bits per heavy atom. The Balaban J connectivity index is 1.69. The normalized spacial score (nSPS) is 12.3. The number of benzene rings is 2. The standard InChI is InChI=1S/C17H15ClN2OS2/c1-10-4-3-5-13(8-10)19-16(21)11(2)22-17-20-14-9-12(18)6-7-15(14)23-17/h3-9,11H,1-2H3,(H,19,21)/t11-/m0/s1. The van der Waals surface area contributed by atoms with Gasteiger partial charge in [-0.2, -0.15) is 0 Å². The number of carbonyl (C=O) groups is 1. The quantitative estimate of drug-likeness (QED) is 0.634. The molecule has 1 N–H and O–H groups in total. The Bertz CT molecular complexity index is 863. The van der Waals surface area contributed by atoms with Gasteiger partial charge in [0.25, 0.3) is 0 Å². The van der Waals surface area contributed by atoms with Crippen LogP contribution in [0.3, 0.4) is 0 Å². The van der Waals surface area contributed by atoms with Crippen LogP contribution in [0.5, 0.6) is 0 Å². The van der Waals surface area contributed by atoms with Crippen molar-refractivity contribution in [2.24, 2.45) is 0 Å². The molecule has 3 nitrogen and oxygen atoms in total. The van der Waals surface area contributed by atoms with Crippen molar-refractivity contribution in [2.45, 2.75) is 23.4 Å². The third-order valence-corrected chi connectivity index (χ3v) is 5.73. The summed E-state index contributed by atoms with van der Waals surface area (Å²) >= 11 is 9.01. The average molecular weight is 363 g/mol. The van der Waals surface area contributed by atoms with Crippen LogP contribution in [0, 0.1) is 6.92 Å². The molecule has 3 rings (SSSR count). The van der Waals surface area contributed by atoms with Crippen molar-refractivity contribution in [3.63, 3.8) is 0 Å². The first-order valence-corrected chi connectivity index (χ1v) is 9.19. The monoisotopic (exact) mass is 362 g/mol. The number of thiazole rings is 1. The zero-order valence-electron chi connectivity index (χ0n) is 12.7. The number of nitrogens with zero attached hydrogens (tertiary/aromatic N) is 1. The van der Waals surface area contributed by atoms with Gasteiger partial charge in [-0.3, -0.25) is 4.79 Å². The molecular weight excluding hydrogens is 348 g/mol. The zero-order valence-corrected chi connectivity index (χ0v) is 15.1. The summed E-state index contributed by atoms with van der Waals surface area (Å²) in [4.78, 5) is 16.9. The SMILES string of the molecule is Cc1cccc(NC(=O)[C@H](C)Sc2nc3cc(Cl)ccc3s2)c1. The highest BCUT2D eigenvalue weighted by molar-refractivity contribution is 8.02. The number of anilines is 1. The van der Waals surface area contributed by atoms with Crippen LogP contribution in [-0.2, 0) is 4.79 Å². The number of rotatable bonds is 4. The van der Waals surface area contributed by atoms with Gasteiger partial charge in [-0.05, 0) is 49.7 Å². The van der Waals surface area contributed by atoms with Crippen molar-refractivity contribution in [3.8, 4) is 0 Å². The minimum Gasteiger partial charge on any atom is -0.325 e. The van der Waals surface area contributed by atoms with E-state index in [2.05, 4.69) is 10.3 Å². The van der Waals surface area contributed by atoms with E-state index in [9.17, 15) is 4.79 Å². The fraction of sp³-hybridized carbons (Fsp3) is 0.176. The minimum absolute atomic E-state index is 0.0297. The van der Waals surface area contributed by atoms with E-state index in [1.807, 2.05) is 56.3 Å². The maximum Gasteiger partial charge on any atom is 0.237 e. The lowest BCUT2D eigenvalue weighted by atomic mass is 10.2. The molecule has 3 aromatic rings. The molecule has 0 saturated carbocycles. The molecule has 1 aromatic heterocycles. The van der Waals surface area contributed by atoms with Crippen LogP contribution in [0.2, 0.25) is 5.02 Å². The molecule has 0 bridgehead atoms. The summed E-state index contributed by atoms with van der Waals surface area (Å²) in [6.07, 6.45) is 0. The molecule has 6 heteroatoms. The maximum atomic E-state index is 12.3. The summed E-state index contributed by atoms with van der Waals surface area (Å²) in [5, 5.41) is 3.38. The van der Waals surface area contributed by atoms with Gasteiger partial charge in [0.05, 0.1) is 15.5 Å². The Morgan fingerprint density at radius 2 is 2.13 bits per heavy atom. The number of hydrogen-bond acceptors (Lipinski definition) is 4. The molecule has 2 aromatic carbocycles. The van der Waals surface area contributed by atoms with Crippen molar-refractivity contribution in [3.05, 3.63) is 53.1 Å². The number of amides is 1. The number of nitrogens with one attached hydrogen (secondary N) is 1. The van der Waals surface area contributed by atoms with E-state index in [0.717, 1.165) is 25.8 Å². The highest BCUT2D eigenvalue weighted by Crippen LogP contribution is 2.33. The van der Waals surface area contributed by atoms with Gasteiger partial charge >= 0.3 is 0 Å². The van der Waals surface area contributed by atoms with Crippen LogP contribution in [0.25, 0.3) is 10.2 Å². The second-order valence-corrected chi connectivity index (χ2v) is 8.27. The van der Waals surface area contributed by atoms with E-state index in [1.165, 1.54) is 11.8 Å². The lowest BCUT2D eigenvalue weighted by Crippen LogP contribution is -2.22. The van der Waals surface area contributed by atoms with E-state index in [1.54, 1.807) is 11.3 Å². The largest absolute Gasteiger partial charge is 0.325 e.